The Hall–Kier alpha value is -1.37. The van der Waals surface area contributed by atoms with Crippen molar-refractivity contribution in [2.45, 2.75) is 46.0 Å². The summed E-state index contributed by atoms with van der Waals surface area (Å²) in [4.78, 5) is 4.25. The van der Waals surface area contributed by atoms with E-state index in [4.69, 9.17) is 0 Å². The van der Waals surface area contributed by atoms with Gasteiger partial charge in [-0.15, -0.1) is 0 Å². The second kappa shape index (κ2) is 4.63. The van der Waals surface area contributed by atoms with Crippen LogP contribution in [0, 0.1) is 11.3 Å². The number of aromatic nitrogens is 1. The van der Waals surface area contributed by atoms with Crippen LogP contribution >= 0.6 is 0 Å². The Kier molecular flexibility index (Phi) is 3.08. The fraction of sp³-hybridized carbons (Fsp3) is 0.500. The highest BCUT2D eigenvalue weighted by molar-refractivity contribution is 5.82. The van der Waals surface area contributed by atoms with Gasteiger partial charge in [0.15, 0.2) is 0 Å². The fourth-order valence-corrected chi connectivity index (χ4v) is 3.88. The molecule has 0 aliphatic heterocycles. The number of hydrogen-bond donors (Lipinski definition) is 0. The van der Waals surface area contributed by atoms with E-state index < -0.39 is 0 Å². The van der Waals surface area contributed by atoms with Crippen LogP contribution in [0.1, 0.15) is 51.5 Å². The van der Waals surface area contributed by atoms with Gasteiger partial charge in [-0.05, 0) is 59.6 Å². The van der Waals surface area contributed by atoms with Gasteiger partial charge >= 0.3 is 0 Å². The van der Waals surface area contributed by atoms with Gasteiger partial charge in [-0.2, -0.15) is 0 Å². The van der Waals surface area contributed by atoms with Crippen molar-refractivity contribution in [3.05, 3.63) is 42.2 Å². The van der Waals surface area contributed by atoms with Gasteiger partial charge in [-0.1, -0.05) is 32.9 Å². The summed E-state index contributed by atoms with van der Waals surface area (Å²) in [5.41, 5.74) is 1.96. The lowest BCUT2D eigenvalue weighted by atomic mass is 9.70. The van der Waals surface area contributed by atoms with Crippen LogP contribution in [0.3, 0.4) is 0 Å². The lowest BCUT2D eigenvalue weighted by Gasteiger charge is -2.35. The highest BCUT2D eigenvalue weighted by Gasteiger charge is 2.43. The number of benzene rings is 1. The molecule has 2 aromatic rings. The van der Waals surface area contributed by atoms with Crippen LogP contribution in [0.25, 0.3) is 10.8 Å². The summed E-state index contributed by atoms with van der Waals surface area (Å²) in [6.07, 6.45) is 7.82. The van der Waals surface area contributed by atoms with Gasteiger partial charge in [0.2, 0.25) is 0 Å². The molecule has 1 heterocycles. The molecule has 1 saturated carbocycles. The molecule has 1 nitrogen and oxygen atoms in total. The standard InChI is InChI=1S/C18H23N/c1-4-18(3)13(2)5-8-17(18)15-7-6-14-9-10-19-12-16(14)11-15/h6-7,9-13,17H,4-5,8H2,1-3H3. The predicted octanol–water partition coefficient (Wildman–Crippen LogP) is 5.16. The minimum absolute atomic E-state index is 0.454. The molecule has 1 aromatic heterocycles. The summed E-state index contributed by atoms with van der Waals surface area (Å²) in [7, 11) is 0. The van der Waals surface area contributed by atoms with Gasteiger partial charge in [-0.3, -0.25) is 4.98 Å². The highest BCUT2D eigenvalue weighted by Crippen LogP contribution is 2.54. The Morgan fingerprint density at radius 2 is 2.05 bits per heavy atom. The Morgan fingerprint density at radius 1 is 1.21 bits per heavy atom. The molecule has 3 unspecified atom stereocenters. The van der Waals surface area contributed by atoms with E-state index >= 15 is 0 Å². The third-order valence-electron chi connectivity index (χ3n) is 5.64. The average Bonchev–Trinajstić information content (AvgIpc) is 2.75. The van der Waals surface area contributed by atoms with Crippen molar-refractivity contribution < 1.29 is 0 Å². The molecule has 3 atom stereocenters. The minimum atomic E-state index is 0.454. The summed E-state index contributed by atoms with van der Waals surface area (Å²) in [6.45, 7) is 7.24. The number of hydrogen-bond acceptors (Lipinski definition) is 1. The van der Waals surface area contributed by atoms with E-state index in [0.717, 1.165) is 5.92 Å². The zero-order valence-electron chi connectivity index (χ0n) is 12.2. The fourth-order valence-electron chi connectivity index (χ4n) is 3.88. The Balaban J connectivity index is 2.04. The molecular formula is C18H23N. The lowest BCUT2D eigenvalue weighted by Crippen LogP contribution is -2.25. The smallest absolute Gasteiger partial charge is 0.0346 e. The maximum Gasteiger partial charge on any atom is 0.0346 e. The molecule has 19 heavy (non-hydrogen) atoms. The maximum atomic E-state index is 4.25. The lowest BCUT2D eigenvalue weighted by molar-refractivity contribution is 0.207. The van der Waals surface area contributed by atoms with Crippen LogP contribution in [-0.4, -0.2) is 4.98 Å². The molecule has 1 heteroatoms. The predicted molar refractivity (Wildman–Crippen MR) is 81.3 cm³/mol. The molecule has 0 amide bonds. The van der Waals surface area contributed by atoms with Gasteiger partial charge in [0.25, 0.3) is 0 Å². The van der Waals surface area contributed by atoms with Crippen LogP contribution < -0.4 is 0 Å². The molecule has 1 fully saturated rings. The minimum Gasteiger partial charge on any atom is -0.264 e. The van der Waals surface area contributed by atoms with E-state index in [-0.39, 0.29) is 0 Å². The molecule has 1 aromatic carbocycles. The third-order valence-corrected chi connectivity index (χ3v) is 5.64. The van der Waals surface area contributed by atoms with E-state index in [9.17, 15) is 0 Å². The Labute approximate surface area is 116 Å². The van der Waals surface area contributed by atoms with Gasteiger partial charge in [0.05, 0.1) is 0 Å². The maximum absolute atomic E-state index is 4.25. The van der Waals surface area contributed by atoms with Crippen LogP contribution in [0.15, 0.2) is 36.7 Å². The van der Waals surface area contributed by atoms with Crippen molar-refractivity contribution in [1.29, 1.82) is 0 Å². The zero-order valence-corrected chi connectivity index (χ0v) is 12.2. The molecule has 1 aliphatic rings. The largest absolute Gasteiger partial charge is 0.264 e. The average molecular weight is 253 g/mol. The van der Waals surface area contributed by atoms with Crippen molar-refractivity contribution in [2.75, 3.05) is 0 Å². The molecule has 0 radical (unpaired) electrons. The quantitative estimate of drug-likeness (QED) is 0.720. The summed E-state index contributed by atoms with van der Waals surface area (Å²) in [5.74, 6) is 1.53. The van der Waals surface area contributed by atoms with Crippen LogP contribution in [0.2, 0.25) is 0 Å². The molecule has 0 saturated heterocycles. The van der Waals surface area contributed by atoms with E-state index in [2.05, 4.69) is 50.0 Å². The van der Waals surface area contributed by atoms with E-state index in [1.807, 2.05) is 12.4 Å². The van der Waals surface area contributed by atoms with Crippen LogP contribution in [0.4, 0.5) is 0 Å². The zero-order chi connectivity index (χ0) is 13.5. The SMILES string of the molecule is CCC1(C)C(C)CCC1c1ccc2ccncc2c1. The summed E-state index contributed by atoms with van der Waals surface area (Å²) in [6, 6.07) is 9.04. The summed E-state index contributed by atoms with van der Waals surface area (Å²) in [5, 5.41) is 2.57. The molecule has 3 rings (SSSR count). The molecule has 0 spiro atoms. The first-order chi connectivity index (χ1) is 9.15. The first-order valence-corrected chi connectivity index (χ1v) is 7.49. The Morgan fingerprint density at radius 3 is 2.84 bits per heavy atom. The van der Waals surface area contributed by atoms with E-state index in [1.165, 1.54) is 35.6 Å². The first-order valence-electron chi connectivity index (χ1n) is 7.49. The number of pyridine rings is 1. The highest BCUT2D eigenvalue weighted by atomic mass is 14.6. The van der Waals surface area contributed by atoms with Gasteiger partial charge in [0, 0.05) is 17.8 Å². The second-order valence-corrected chi connectivity index (χ2v) is 6.37. The molecule has 1 aliphatic carbocycles. The van der Waals surface area contributed by atoms with Crippen molar-refractivity contribution in [2.24, 2.45) is 11.3 Å². The first kappa shape index (κ1) is 12.7. The monoisotopic (exact) mass is 253 g/mol. The van der Waals surface area contributed by atoms with E-state index in [1.54, 1.807) is 0 Å². The number of fused-ring (bicyclic) bond motifs is 1. The van der Waals surface area contributed by atoms with Crippen molar-refractivity contribution in [1.82, 2.24) is 4.98 Å². The molecular weight excluding hydrogens is 230 g/mol. The molecule has 100 valence electrons. The van der Waals surface area contributed by atoms with Gasteiger partial charge in [0.1, 0.15) is 0 Å². The van der Waals surface area contributed by atoms with Gasteiger partial charge in [-0.25, -0.2) is 0 Å². The van der Waals surface area contributed by atoms with E-state index in [0.29, 0.717) is 11.3 Å². The third kappa shape index (κ3) is 1.96. The molecule has 0 bridgehead atoms. The summed E-state index contributed by atoms with van der Waals surface area (Å²) >= 11 is 0. The van der Waals surface area contributed by atoms with Crippen LogP contribution in [-0.2, 0) is 0 Å². The van der Waals surface area contributed by atoms with Crippen molar-refractivity contribution >= 4 is 10.8 Å². The topological polar surface area (TPSA) is 12.9 Å². The summed E-state index contributed by atoms with van der Waals surface area (Å²) < 4.78 is 0. The van der Waals surface area contributed by atoms with Crippen molar-refractivity contribution in [3.8, 4) is 0 Å². The van der Waals surface area contributed by atoms with Crippen molar-refractivity contribution in [3.63, 3.8) is 0 Å². The number of rotatable bonds is 2. The van der Waals surface area contributed by atoms with Gasteiger partial charge < -0.3 is 0 Å². The second-order valence-electron chi connectivity index (χ2n) is 6.37. The van der Waals surface area contributed by atoms with Crippen LogP contribution in [0.5, 0.6) is 0 Å². The number of nitrogens with zero attached hydrogens (tertiary/aromatic N) is 1. The Bertz CT molecular complexity index is 589. The normalized spacial score (nSPS) is 30.9. The molecule has 0 N–H and O–H groups in total.